The highest BCUT2D eigenvalue weighted by Gasteiger charge is 2.17. The monoisotopic (exact) mass is 358 g/mol. The lowest BCUT2D eigenvalue weighted by Gasteiger charge is -2.16. The van der Waals surface area contributed by atoms with Crippen molar-refractivity contribution in [3.63, 3.8) is 0 Å². The van der Waals surface area contributed by atoms with Gasteiger partial charge in [0.1, 0.15) is 0 Å². The van der Waals surface area contributed by atoms with Crippen molar-refractivity contribution < 1.29 is 13.2 Å². The van der Waals surface area contributed by atoms with Crippen LogP contribution in [0, 0.1) is 0 Å². The number of carbonyl (C=O) groups is 1. The van der Waals surface area contributed by atoms with E-state index in [1.807, 2.05) is 6.07 Å². The normalized spacial score (nSPS) is 14.0. The summed E-state index contributed by atoms with van der Waals surface area (Å²) in [6, 6.07) is 12.5. The third-order valence-corrected chi connectivity index (χ3v) is 5.77. The molecular formula is C19H22N2O3S. The average Bonchev–Trinajstić information content (AvgIpc) is 2.60. The van der Waals surface area contributed by atoms with E-state index in [1.54, 1.807) is 36.4 Å². The summed E-state index contributed by atoms with van der Waals surface area (Å²) in [6.07, 6.45) is 4.27. The lowest BCUT2D eigenvalue weighted by atomic mass is 9.92. The molecule has 1 aliphatic rings. The number of amides is 1. The second kappa shape index (κ2) is 7.37. The number of rotatable bonds is 5. The molecule has 0 atom stereocenters. The van der Waals surface area contributed by atoms with Gasteiger partial charge in [0, 0.05) is 19.2 Å². The average molecular weight is 358 g/mol. The summed E-state index contributed by atoms with van der Waals surface area (Å²) in [7, 11) is -3.54. The van der Waals surface area contributed by atoms with Crippen molar-refractivity contribution in [2.24, 2.45) is 0 Å². The van der Waals surface area contributed by atoms with E-state index in [0.29, 0.717) is 10.6 Å². The van der Waals surface area contributed by atoms with Gasteiger partial charge in [0.15, 0.2) is 0 Å². The van der Waals surface area contributed by atoms with Crippen molar-refractivity contribution in [3.05, 3.63) is 59.2 Å². The molecule has 0 radical (unpaired) electrons. The van der Waals surface area contributed by atoms with Crippen molar-refractivity contribution in [3.8, 4) is 0 Å². The number of anilines is 1. The first-order chi connectivity index (χ1) is 11.9. The zero-order valence-corrected chi connectivity index (χ0v) is 15.0. The molecule has 0 bridgehead atoms. The van der Waals surface area contributed by atoms with E-state index < -0.39 is 10.0 Å². The van der Waals surface area contributed by atoms with E-state index >= 15 is 0 Å². The number of sulfonamides is 1. The van der Waals surface area contributed by atoms with Gasteiger partial charge >= 0.3 is 0 Å². The highest BCUT2D eigenvalue weighted by atomic mass is 32.2. The maximum absolute atomic E-state index is 12.5. The van der Waals surface area contributed by atoms with Gasteiger partial charge in [-0.15, -0.1) is 0 Å². The van der Waals surface area contributed by atoms with Crippen LogP contribution in [0.1, 0.15) is 36.5 Å². The van der Waals surface area contributed by atoms with Crippen LogP contribution in [0.15, 0.2) is 47.4 Å². The maximum atomic E-state index is 12.5. The van der Waals surface area contributed by atoms with E-state index in [1.165, 1.54) is 18.9 Å². The summed E-state index contributed by atoms with van der Waals surface area (Å²) in [5.41, 5.74) is 3.93. The quantitative estimate of drug-likeness (QED) is 0.863. The smallest absolute Gasteiger partial charge is 0.240 e. The molecule has 0 saturated carbocycles. The van der Waals surface area contributed by atoms with Crippen molar-refractivity contribution >= 4 is 21.6 Å². The number of aryl methyl sites for hydroxylation is 2. The van der Waals surface area contributed by atoms with Crippen molar-refractivity contribution in [2.75, 3.05) is 5.32 Å². The van der Waals surface area contributed by atoms with Crippen LogP contribution in [-0.4, -0.2) is 14.3 Å². The molecule has 0 saturated heterocycles. The number of fused-ring (bicyclic) bond motifs is 1. The Morgan fingerprint density at radius 1 is 1.00 bits per heavy atom. The molecular weight excluding hydrogens is 336 g/mol. The highest BCUT2D eigenvalue weighted by Crippen LogP contribution is 2.24. The lowest BCUT2D eigenvalue weighted by molar-refractivity contribution is -0.114. The van der Waals surface area contributed by atoms with Gasteiger partial charge in [-0.05, 0) is 66.6 Å². The van der Waals surface area contributed by atoms with Crippen molar-refractivity contribution in [1.82, 2.24) is 4.72 Å². The van der Waals surface area contributed by atoms with Crippen LogP contribution in [-0.2, 0) is 34.2 Å². The number of nitrogens with one attached hydrogen (secondary N) is 2. The third kappa shape index (κ3) is 4.46. The highest BCUT2D eigenvalue weighted by molar-refractivity contribution is 7.89. The summed E-state index contributed by atoms with van der Waals surface area (Å²) >= 11 is 0. The van der Waals surface area contributed by atoms with Gasteiger partial charge in [0.2, 0.25) is 15.9 Å². The Bertz CT molecular complexity index is 874. The van der Waals surface area contributed by atoms with Gasteiger partial charge in [-0.25, -0.2) is 13.1 Å². The molecule has 2 aromatic rings. The van der Waals surface area contributed by atoms with Gasteiger partial charge < -0.3 is 5.32 Å². The number of benzene rings is 2. The first-order valence-corrected chi connectivity index (χ1v) is 9.90. The standard InChI is InChI=1S/C19H22N2O3S/c1-14(22)21-18-9-6-15(7-10-18)13-20-25(23,24)19-11-8-16-4-2-3-5-17(16)12-19/h6-12,20H,2-5,13H2,1H3,(H,21,22). The van der Waals surface area contributed by atoms with Crippen LogP contribution in [0.25, 0.3) is 0 Å². The molecule has 0 aromatic heterocycles. The van der Waals surface area contributed by atoms with Crippen LogP contribution in [0.2, 0.25) is 0 Å². The zero-order chi connectivity index (χ0) is 17.9. The minimum Gasteiger partial charge on any atom is -0.326 e. The molecule has 132 valence electrons. The summed E-state index contributed by atoms with van der Waals surface area (Å²) in [5.74, 6) is -0.138. The molecule has 0 heterocycles. The van der Waals surface area contributed by atoms with E-state index in [4.69, 9.17) is 0 Å². The van der Waals surface area contributed by atoms with Crippen LogP contribution >= 0.6 is 0 Å². The van der Waals surface area contributed by atoms with Crippen molar-refractivity contribution in [1.29, 1.82) is 0 Å². The Labute approximate surface area is 148 Å². The Hall–Kier alpha value is -2.18. The number of carbonyl (C=O) groups excluding carboxylic acids is 1. The van der Waals surface area contributed by atoms with Gasteiger partial charge in [-0.3, -0.25) is 4.79 Å². The SMILES string of the molecule is CC(=O)Nc1ccc(CNS(=O)(=O)c2ccc3c(c2)CCCC3)cc1. The molecule has 0 spiro atoms. The molecule has 0 aliphatic heterocycles. The first kappa shape index (κ1) is 17.6. The molecule has 2 aromatic carbocycles. The van der Waals surface area contributed by atoms with Gasteiger partial charge in [0.05, 0.1) is 4.90 Å². The summed E-state index contributed by atoms with van der Waals surface area (Å²) in [5, 5.41) is 2.68. The fourth-order valence-corrected chi connectivity index (χ4v) is 4.12. The molecule has 3 rings (SSSR count). The Balaban J connectivity index is 1.68. The molecule has 5 nitrogen and oxygen atoms in total. The second-order valence-electron chi connectivity index (χ2n) is 6.34. The first-order valence-electron chi connectivity index (χ1n) is 8.42. The topological polar surface area (TPSA) is 75.3 Å². The van der Waals surface area contributed by atoms with E-state index in [-0.39, 0.29) is 12.5 Å². The van der Waals surface area contributed by atoms with E-state index in [9.17, 15) is 13.2 Å². The third-order valence-electron chi connectivity index (χ3n) is 4.37. The number of hydrogen-bond acceptors (Lipinski definition) is 3. The van der Waals surface area contributed by atoms with Crippen LogP contribution < -0.4 is 10.0 Å². The Morgan fingerprint density at radius 3 is 2.36 bits per heavy atom. The predicted octanol–water partition coefficient (Wildman–Crippen LogP) is 3.00. The molecule has 0 unspecified atom stereocenters. The molecule has 25 heavy (non-hydrogen) atoms. The van der Waals surface area contributed by atoms with Crippen LogP contribution in [0.3, 0.4) is 0 Å². The van der Waals surface area contributed by atoms with Crippen LogP contribution in [0.4, 0.5) is 5.69 Å². The summed E-state index contributed by atoms with van der Waals surface area (Å²) < 4.78 is 27.7. The van der Waals surface area contributed by atoms with E-state index in [2.05, 4.69) is 10.0 Å². The minimum atomic E-state index is -3.54. The largest absolute Gasteiger partial charge is 0.326 e. The molecule has 2 N–H and O–H groups in total. The fourth-order valence-electron chi connectivity index (χ4n) is 3.05. The van der Waals surface area contributed by atoms with E-state index in [0.717, 1.165) is 30.4 Å². The number of hydrogen-bond donors (Lipinski definition) is 2. The van der Waals surface area contributed by atoms with Gasteiger partial charge in [-0.2, -0.15) is 0 Å². The maximum Gasteiger partial charge on any atom is 0.240 e. The zero-order valence-electron chi connectivity index (χ0n) is 14.2. The fraction of sp³-hybridized carbons (Fsp3) is 0.316. The van der Waals surface area contributed by atoms with Crippen LogP contribution in [0.5, 0.6) is 0 Å². The Kier molecular flexibility index (Phi) is 5.20. The predicted molar refractivity (Wildman–Crippen MR) is 97.9 cm³/mol. The molecule has 0 fully saturated rings. The van der Waals surface area contributed by atoms with Gasteiger partial charge in [-0.1, -0.05) is 18.2 Å². The summed E-state index contributed by atoms with van der Waals surface area (Å²) in [6.45, 7) is 1.65. The Morgan fingerprint density at radius 2 is 1.68 bits per heavy atom. The van der Waals surface area contributed by atoms with Crippen molar-refractivity contribution in [2.45, 2.75) is 44.0 Å². The molecule has 6 heteroatoms. The molecule has 1 aliphatic carbocycles. The lowest BCUT2D eigenvalue weighted by Crippen LogP contribution is -2.23. The summed E-state index contributed by atoms with van der Waals surface area (Å²) in [4.78, 5) is 11.3. The van der Waals surface area contributed by atoms with Gasteiger partial charge in [0.25, 0.3) is 0 Å². The second-order valence-corrected chi connectivity index (χ2v) is 8.11. The minimum absolute atomic E-state index is 0.138. The molecule has 1 amide bonds.